The minimum atomic E-state index is -1.07. The number of hydrogen-bond donors (Lipinski definition) is 3. The van der Waals surface area contributed by atoms with E-state index in [1.807, 2.05) is 0 Å². The maximum absolute atomic E-state index is 12.4. The lowest BCUT2D eigenvalue weighted by atomic mass is 10.1. The number of H-pyrrole nitrogens is 1. The number of carboxylic acids is 1. The number of ether oxygens (including phenoxy) is 1. The third-order valence-corrected chi connectivity index (χ3v) is 4.54. The first-order valence-corrected chi connectivity index (χ1v) is 8.20. The summed E-state index contributed by atoms with van der Waals surface area (Å²) in [5.74, 6) is -1.05. The van der Waals surface area contributed by atoms with Crippen molar-refractivity contribution in [3.63, 3.8) is 0 Å². The number of rotatable bonds is 6. The number of nitrogens with zero attached hydrogens (tertiary/aromatic N) is 1. The molecule has 1 aromatic heterocycles. The fraction of sp³-hybridized carbons (Fsp3) is 0.312. The van der Waals surface area contributed by atoms with Crippen molar-refractivity contribution in [3.05, 3.63) is 45.2 Å². The number of aromatic amines is 1. The second kappa shape index (κ2) is 6.74. The van der Waals surface area contributed by atoms with Gasteiger partial charge in [-0.2, -0.15) is 5.10 Å². The summed E-state index contributed by atoms with van der Waals surface area (Å²) in [7, 11) is 1.52. The Labute approximate surface area is 146 Å². The van der Waals surface area contributed by atoms with Crippen LogP contribution in [0.2, 0.25) is 0 Å². The molecule has 0 radical (unpaired) electrons. The fourth-order valence-electron chi connectivity index (χ4n) is 2.46. The van der Waals surface area contributed by atoms with E-state index >= 15 is 0 Å². The van der Waals surface area contributed by atoms with Gasteiger partial charge in [0.2, 0.25) is 0 Å². The van der Waals surface area contributed by atoms with Gasteiger partial charge in [-0.1, -0.05) is 0 Å². The highest BCUT2D eigenvalue weighted by Gasteiger charge is 2.30. The maximum Gasteiger partial charge on any atom is 0.335 e. The highest BCUT2D eigenvalue weighted by Crippen LogP contribution is 2.42. The lowest BCUT2D eigenvalue weighted by Gasteiger charge is -2.08. The molecule has 3 N–H and O–H groups in total. The predicted octanol–water partition coefficient (Wildman–Crippen LogP) is 3.15. The average Bonchev–Trinajstić information content (AvgIpc) is 3.29. The number of benzene rings is 1. The van der Waals surface area contributed by atoms with Crippen LogP contribution in [-0.2, 0) is 11.3 Å². The lowest BCUT2D eigenvalue weighted by molar-refractivity contribution is 0.0696. The van der Waals surface area contributed by atoms with Gasteiger partial charge in [0.25, 0.3) is 5.91 Å². The minimum absolute atomic E-state index is 0.0830. The zero-order valence-corrected chi connectivity index (χ0v) is 14.5. The van der Waals surface area contributed by atoms with Gasteiger partial charge in [-0.15, -0.1) is 0 Å². The fourth-order valence-corrected chi connectivity index (χ4v) is 3.14. The van der Waals surface area contributed by atoms with Crippen LogP contribution >= 0.6 is 15.9 Å². The summed E-state index contributed by atoms with van der Waals surface area (Å²) in [6.07, 6.45) is 2.17. The summed E-state index contributed by atoms with van der Waals surface area (Å²) >= 11 is 3.41. The predicted molar refractivity (Wildman–Crippen MR) is 90.3 cm³/mol. The Hall–Kier alpha value is -2.19. The smallest absolute Gasteiger partial charge is 0.335 e. The Kier molecular flexibility index (Phi) is 4.68. The summed E-state index contributed by atoms with van der Waals surface area (Å²) in [6.45, 7) is 0.252. The minimum Gasteiger partial charge on any atom is -0.478 e. The van der Waals surface area contributed by atoms with E-state index in [9.17, 15) is 14.7 Å². The quantitative estimate of drug-likeness (QED) is 0.698. The average molecular weight is 394 g/mol. The number of hydrogen-bond acceptors (Lipinski definition) is 4. The van der Waals surface area contributed by atoms with E-state index in [1.165, 1.54) is 19.2 Å². The highest BCUT2D eigenvalue weighted by atomic mass is 79.9. The van der Waals surface area contributed by atoms with Crippen LogP contribution in [0.5, 0.6) is 0 Å². The lowest BCUT2D eigenvalue weighted by Crippen LogP contribution is -2.14. The molecule has 1 saturated carbocycles. The molecule has 2 aromatic rings. The molecule has 0 aliphatic heterocycles. The van der Waals surface area contributed by atoms with Crippen LogP contribution in [-0.4, -0.2) is 34.3 Å². The summed E-state index contributed by atoms with van der Waals surface area (Å²) in [5, 5.41) is 18.8. The first kappa shape index (κ1) is 16.7. The number of halogens is 1. The van der Waals surface area contributed by atoms with E-state index in [0.29, 0.717) is 21.6 Å². The van der Waals surface area contributed by atoms with Crippen LogP contribution in [0.4, 0.5) is 5.69 Å². The van der Waals surface area contributed by atoms with Crippen LogP contribution in [0.25, 0.3) is 0 Å². The molecule has 1 aliphatic carbocycles. The first-order chi connectivity index (χ1) is 11.5. The molecule has 8 heteroatoms. The van der Waals surface area contributed by atoms with Crippen LogP contribution in [0.15, 0.2) is 22.7 Å². The van der Waals surface area contributed by atoms with E-state index in [4.69, 9.17) is 4.74 Å². The van der Waals surface area contributed by atoms with Crippen molar-refractivity contribution >= 4 is 33.5 Å². The van der Waals surface area contributed by atoms with Crippen molar-refractivity contribution in [1.82, 2.24) is 10.2 Å². The van der Waals surface area contributed by atoms with Gasteiger partial charge in [0.15, 0.2) is 5.69 Å². The molecule has 0 bridgehead atoms. The second-order valence-electron chi connectivity index (χ2n) is 5.69. The molecule has 3 rings (SSSR count). The third kappa shape index (κ3) is 3.49. The van der Waals surface area contributed by atoms with Crippen molar-refractivity contribution in [3.8, 4) is 0 Å². The SMILES string of the molecule is COCc1cc(NC(=O)c2n[nH]c(C3CC3)c2Br)cc(C(=O)O)c1. The molecule has 24 heavy (non-hydrogen) atoms. The van der Waals surface area contributed by atoms with Gasteiger partial charge in [0.1, 0.15) is 0 Å². The Bertz CT molecular complexity index is 799. The molecule has 1 heterocycles. The number of carbonyl (C=O) groups excluding carboxylic acids is 1. The molecule has 1 amide bonds. The Morgan fingerprint density at radius 2 is 2.17 bits per heavy atom. The molecule has 0 unspecified atom stereocenters. The van der Waals surface area contributed by atoms with Crippen molar-refractivity contribution in [1.29, 1.82) is 0 Å². The Morgan fingerprint density at radius 3 is 2.79 bits per heavy atom. The van der Waals surface area contributed by atoms with Crippen LogP contribution in [0.1, 0.15) is 50.9 Å². The van der Waals surface area contributed by atoms with Gasteiger partial charge < -0.3 is 15.2 Å². The van der Waals surface area contributed by atoms with Gasteiger partial charge in [-0.05, 0) is 52.5 Å². The van der Waals surface area contributed by atoms with Gasteiger partial charge in [0.05, 0.1) is 22.3 Å². The summed E-state index contributed by atoms with van der Waals surface area (Å²) in [5.41, 5.74) is 2.31. The third-order valence-electron chi connectivity index (χ3n) is 3.74. The number of amides is 1. The molecule has 1 fully saturated rings. The first-order valence-electron chi connectivity index (χ1n) is 7.41. The number of aromatic nitrogens is 2. The van der Waals surface area contributed by atoms with Crippen LogP contribution < -0.4 is 5.32 Å². The van der Waals surface area contributed by atoms with E-state index < -0.39 is 11.9 Å². The van der Waals surface area contributed by atoms with Gasteiger partial charge in [-0.3, -0.25) is 9.89 Å². The van der Waals surface area contributed by atoms with Crippen LogP contribution in [0, 0.1) is 0 Å². The van der Waals surface area contributed by atoms with Crippen molar-refractivity contribution in [2.75, 3.05) is 12.4 Å². The summed E-state index contributed by atoms with van der Waals surface area (Å²) in [6, 6.07) is 4.59. The van der Waals surface area contributed by atoms with Crippen molar-refractivity contribution < 1.29 is 19.4 Å². The molecule has 0 atom stereocenters. The van der Waals surface area contributed by atoms with E-state index in [-0.39, 0.29) is 17.9 Å². The van der Waals surface area contributed by atoms with Crippen LogP contribution in [0.3, 0.4) is 0 Å². The molecular weight excluding hydrogens is 378 g/mol. The summed E-state index contributed by atoms with van der Waals surface area (Å²) < 4.78 is 5.69. The second-order valence-corrected chi connectivity index (χ2v) is 6.48. The monoisotopic (exact) mass is 393 g/mol. The van der Waals surface area contributed by atoms with Gasteiger partial charge >= 0.3 is 5.97 Å². The topological polar surface area (TPSA) is 104 Å². The zero-order chi connectivity index (χ0) is 17.3. The van der Waals surface area contributed by atoms with Crippen molar-refractivity contribution in [2.45, 2.75) is 25.4 Å². The van der Waals surface area contributed by atoms with E-state index in [2.05, 4.69) is 31.4 Å². The van der Waals surface area contributed by atoms with E-state index in [0.717, 1.165) is 18.5 Å². The Morgan fingerprint density at radius 1 is 1.42 bits per heavy atom. The van der Waals surface area contributed by atoms with E-state index in [1.54, 1.807) is 6.07 Å². The van der Waals surface area contributed by atoms with Gasteiger partial charge in [-0.25, -0.2) is 4.79 Å². The standard InChI is InChI=1S/C16H16BrN3O4/c1-24-7-8-4-10(16(22)23)6-11(5-8)18-15(21)14-12(17)13(19-20-14)9-2-3-9/h4-6,9H,2-3,7H2,1H3,(H,18,21)(H,19,20)(H,22,23). The number of anilines is 1. The Balaban J connectivity index is 1.84. The normalized spacial score (nSPS) is 13.8. The zero-order valence-electron chi connectivity index (χ0n) is 12.9. The number of methoxy groups -OCH3 is 1. The van der Waals surface area contributed by atoms with Crippen molar-refractivity contribution in [2.24, 2.45) is 0 Å². The molecule has 0 spiro atoms. The number of carbonyl (C=O) groups is 2. The largest absolute Gasteiger partial charge is 0.478 e. The number of nitrogens with one attached hydrogen (secondary N) is 2. The highest BCUT2D eigenvalue weighted by molar-refractivity contribution is 9.10. The molecule has 7 nitrogen and oxygen atoms in total. The molecule has 126 valence electrons. The molecule has 1 aliphatic rings. The summed E-state index contributed by atoms with van der Waals surface area (Å²) in [4.78, 5) is 23.7. The number of carboxylic acid groups (broad SMARTS) is 1. The van der Waals surface area contributed by atoms with Gasteiger partial charge in [0, 0.05) is 18.7 Å². The molecule has 0 saturated heterocycles. The maximum atomic E-state index is 12.4. The number of aromatic carboxylic acids is 1. The molecule has 1 aromatic carbocycles. The molecular formula is C16H16BrN3O4.